The number of para-hydroxylation sites is 1. The van der Waals surface area contributed by atoms with E-state index in [1.165, 1.54) is 0 Å². The van der Waals surface area contributed by atoms with Gasteiger partial charge in [0.25, 0.3) is 0 Å². The first-order valence-corrected chi connectivity index (χ1v) is 6.96. The number of hydrogen-bond donors (Lipinski definition) is 1. The number of benzene rings is 2. The zero-order valence-electron chi connectivity index (χ0n) is 10.6. The fraction of sp³-hybridized carbons (Fsp3) is 0.125. The molecule has 0 aliphatic heterocycles. The van der Waals surface area contributed by atoms with E-state index in [1.807, 2.05) is 49.4 Å². The van der Waals surface area contributed by atoms with Gasteiger partial charge in [-0.25, -0.2) is 0 Å². The monoisotopic (exact) mass is 270 g/mol. The first-order valence-electron chi connectivity index (χ1n) is 6.14. The molecule has 0 aliphatic carbocycles. The SMILES string of the molecule is Cc1oc2ccccc2c1Sc1ccccc1CO. The summed E-state index contributed by atoms with van der Waals surface area (Å²) in [5.74, 6) is 0.916. The van der Waals surface area contributed by atoms with Gasteiger partial charge >= 0.3 is 0 Å². The summed E-state index contributed by atoms with van der Waals surface area (Å²) in [7, 11) is 0. The van der Waals surface area contributed by atoms with E-state index in [9.17, 15) is 5.11 Å². The van der Waals surface area contributed by atoms with Crippen molar-refractivity contribution >= 4 is 22.7 Å². The third-order valence-corrected chi connectivity index (χ3v) is 4.40. The van der Waals surface area contributed by atoms with Crippen molar-refractivity contribution in [2.45, 2.75) is 23.3 Å². The molecule has 0 spiro atoms. The molecule has 1 N–H and O–H groups in total. The topological polar surface area (TPSA) is 33.4 Å². The second-order valence-corrected chi connectivity index (χ2v) is 5.40. The second-order valence-electron chi connectivity index (χ2n) is 4.35. The predicted molar refractivity (Wildman–Crippen MR) is 77.4 cm³/mol. The second kappa shape index (κ2) is 5.11. The van der Waals surface area contributed by atoms with Crippen LogP contribution in [0.15, 0.2) is 62.7 Å². The van der Waals surface area contributed by atoms with Crippen LogP contribution in [-0.4, -0.2) is 5.11 Å². The number of hydrogen-bond acceptors (Lipinski definition) is 3. The zero-order valence-corrected chi connectivity index (χ0v) is 11.4. The summed E-state index contributed by atoms with van der Waals surface area (Å²) < 4.78 is 5.76. The number of aliphatic hydroxyl groups excluding tert-OH is 1. The van der Waals surface area contributed by atoms with E-state index in [0.717, 1.165) is 32.1 Å². The molecule has 3 aromatic rings. The molecular formula is C16H14O2S. The zero-order chi connectivity index (χ0) is 13.2. The summed E-state index contributed by atoms with van der Waals surface area (Å²) in [6, 6.07) is 15.9. The van der Waals surface area contributed by atoms with Crippen LogP contribution in [0.2, 0.25) is 0 Å². The standard InChI is InChI=1S/C16H14O2S/c1-11-16(13-7-3-4-8-14(13)18-11)19-15-9-5-2-6-12(15)10-17/h2-9,17H,10H2,1H3. The lowest BCUT2D eigenvalue weighted by atomic mass is 10.2. The van der Waals surface area contributed by atoms with Gasteiger partial charge in [0.1, 0.15) is 11.3 Å². The van der Waals surface area contributed by atoms with Crippen LogP contribution in [0.5, 0.6) is 0 Å². The van der Waals surface area contributed by atoms with Gasteiger partial charge in [0.15, 0.2) is 0 Å². The molecule has 0 fully saturated rings. The Labute approximate surface area is 116 Å². The van der Waals surface area contributed by atoms with E-state index in [0.29, 0.717) is 0 Å². The molecule has 0 unspecified atom stereocenters. The van der Waals surface area contributed by atoms with Gasteiger partial charge < -0.3 is 9.52 Å². The van der Waals surface area contributed by atoms with Crippen LogP contribution in [0.25, 0.3) is 11.0 Å². The average molecular weight is 270 g/mol. The lowest BCUT2D eigenvalue weighted by molar-refractivity contribution is 0.279. The summed E-state index contributed by atoms with van der Waals surface area (Å²) in [4.78, 5) is 2.19. The molecule has 0 saturated carbocycles. The van der Waals surface area contributed by atoms with Crippen LogP contribution in [0.4, 0.5) is 0 Å². The summed E-state index contributed by atoms with van der Waals surface area (Å²) in [6.45, 7) is 2.03. The molecule has 0 amide bonds. The Bertz CT molecular complexity index is 716. The Morgan fingerprint density at radius 2 is 1.79 bits per heavy atom. The highest BCUT2D eigenvalue weighted by atomic mass is 32.2. The van der Waals surface area contributed by atoms with E-state index in [-0.39, 0.29) is 6.61 Å². The van der Waals surface area contributed by atoms with Crippen molar-refractivity contribution in [3.63, 3.8) is 0 Å². The Morgan fingerprint density at radius 1 is 1.05 bits per heavy atom. The number of fused-ring (bicyclic) bond motifs is 1. The Balaban J connectivity index is 2.08. The van der Waals surface area contributed by atoms with Crippen LogP contribution in [-0.2, 0) is 6.61 Å². The summed E-state index contributed by atoms with van der Waals surface area (Å²) in [6.07, 6.45) is 0. The molecule has 2 aromatic carbocycles. The minimum Gasteiger partial charge on any atom is -0.460 e. The lowest BCUT2D eigenvalue weighted by Gasteiger charge is -2.06. The molecule has 3 heteroatoms. The Morgan fingerprint density at radius 3 is 2.63 bits per heavy atom. The summed E-state index contributed by atoms with van der Waals surface area (Å²) in [5, 5.41) is 10.5. The van der Waals surface area contributed by atoms with Crippen LogP contribution in [0, 0.1) is 6.92 Å². The van der Waals surface area contributed by atoms with Gasteiger partial charge in [-0.05, 0) is 30.7 Å². The van der Waals surface area contributed by atoms with Gasteiger partial charge in [-0.1, -0.05) is 42.1 Å². The molecule has 0 atom stereocenters. The maximum Gasteiger partial charge on any atom is 0.135 e. The van der Waals surface area contributed by atoms with E-state index < -0.39 is 0 Å². The maximum atomic E-state index is 9.39. The van der Waals surface area contributed by atoms with Crippen LogP contribution < -0.4 is 0 Å². The van der Waals surface area contributed by atoms with Crippen molar-refractivity contribution < 1.29 is 9.52 Å². The van der Waals surface area contributed by atoms with Crippen molar-refractivity contribution in [2.75, 3.05) is 0 Å². The number of aryl methyl sites for hydroxylation is 1. The Kier molecular flexibility index (Phi) is 3.32. The Hall–Kier alpha value is -1.71. The van der Waals surface area contributed by atoms with Gasteiger partial charge in [-0.15, -0.1) is 0 Å². The highest BCUT2D eigenvalue weighted by Gasteiger charge is 2.13. The van der Waals surface area contributed by atoms with Gasteiger partial charge in [0.2, 0.25) is 0 Å². The molecule has 3 rings (SSSR count). The maximum absolute atomic E-state index is 9.39. The van der Waals surface area contributed by atoms with Gasteiger partial charge in [0, 0.05) is 10.3 Å². The van der Waals surface area contributed by atoms with Crippen molar-refractivity contribution in [3.8, 4) is 0 Å². The molecular weight excluding hydrogens is 256 g/mol. The smallest absolute Gasteiger partial charge is 0.135 e. The van der Waals surface area contributed by atoms with Crippen LogP contribution >= 0.6 is 11.8 Å². The predicted octanol–water partition coefficient (Wildman–Crippen LogP) is 4.38. The van der Waals surface area contributed by atoms with Crippen molar-refractivity contribution in [1.82, 2.24) is 0 Å². The van der Waals surface area contributed by atoms with E-state index >= 15 is 0 Å². The number of rotatable bonds is 3. The highest BCUT2D eigenvalue weighted by Crippen LogP contribution is 2.39. The largest absolute Gasteiger partial charge is 0.460 e. The minimum absolute atomic E-state index is 0.0536. The molecule has 0 aliphatic rings. The first-order chi connectivity index (χ1) is 9.29. The first kappa shape index (κ1) is 12.3. The van der Waals surface area contributed by atoms with E-state index in [4.69, 9.17) is 4.42 Å². The minimum atomic E-state index is 0.0536. The lowest BCUT2D eigenvalue weighted by Crippen LogP contribution is -1.86. The fourth-order valence-electron chi connectivity index (χ4n) is 2.11. The molecule has 1 heterocycles. The molecule has 0 saturated heterocycles. The van der Waals surface area contributed by atoms with E-state index in [2.05, 4.69) is 6.07 Å². The molecule has 19 heavy (non-hydrogen) atoms. The molecule has 96 valence electrons. The summed E-state index contributed by atoms with van der Waals surface area (Å²) in [5.41, 5.74) is 1.85. The molecule has 1 aromatic heterocycles. The molecule has 0 bridgehead atoms. The van der Waals surface area contributed by atoms with Crippen LogP contribution in [0.3, 0.4) is 0 Å². The van der Waals surface area contributed by atoms with Gasteiger partial charge in [-0.3, -0.25) is 0 Å². The van der Waals surface area contributed by atoms with Crippen LogP contribution in [0.1, 0.15) is 11.3 Å². The third kappa shape index (κ3) is 2.27. The quantitative estimate of drug-likeness (QED) is 0.766. The summed E-state index contributed by atoms with van der Waals surface area (Å²) >= 11 is 1.65. The van der Waals surface area contributed by atoms with Crippen molar-refractivity contribution in [3.05, 3.63) is 59.9 Å². The number of furan rings is 1. The highest BCUT2D eigenvalue weighted by molar-refractivity contribution is 7.99. The van der Waals surface area contributed by atoms with Gasteiger partial charge in [0.05, 0.1) is 11.5 Å². The van der Waals surface area contributed by atoms with Gasteiger partial charge in [-0.2, -0.15) is 0 Å². The van der Waals surface area contributed by atoms with Crippen molar-refractivity contribution in [1.29, 1.82) is 0 Å². The van der Waals surface area contributed by atoms with Crippen molar-refractivity contribution in [2.24, 2.45) is 0 Å². The normalized spacial score (nSPS) is 11.1. The molecule has 2 nitrogen and oxygen atoms in total. The third-order valence-electron chi connectivity index (χ3n) is 3.07. The fourth-order valence-corrected chi connectivity index (χ4v) is 3.21. The molecule has 0 radical (unpaired) electrons. The van der Waals surface area contributed by atoms with E-state index in [1.54, 1.807) is 11.8 Å². The number of aliphatic hydroxyl groups is 1. The average Bonchev–Trinajstić information content (AvgIpc) is 2.76.